The normalized spacial score (nSPS) is 12.0. The van der Waals surface area contributed by atoms with Crippen LogP contribution in [-0.2, 0) is 4.79 Å². The standard InChI is InChI=1S/C5H7N5O2S/c6-5(7)8-3(4(11)12)2-1-13-10-9-2/h1,3H,(H,11,12)(H4,6,7,8). The fourth-order valence-electron chi connectivity index (χ4n) is 0.688. The maximum Gasteiger partial charge on any atom is 0.334 e. The number of aliphatic carboxylic acids is 1. The lowest BCUT2D eigenvalue weighted by molar-refractivity contribution is -0.138. The highest BCUT2D eigenvalue weighted by Crippen LogP contribution is 2.15. The molecule has 13 heavy (non-hydrogen) atoms. The summed E-state index contributed by atoms with van der Waals surface area (Å²) in [6.07, 6.45) is 0. The minimum absolute atomic E-state index is 0.228. The van der Waals surface area contributed by atoms with Crippen molar-refractivity contribution in [1.29, 1.82) is 0 Å². The van der Waals surface area contributed by atoms with Crippen LogP contribution in [0, 0.1) is 0 Å². The van der Waals surface area contributed by atoms with E-state index in [-0.39, 0.29) is 11.7 Å². The molecule has 8 heteroatoms. The number of carboxylic acid groups (broad SMARTS) is 1. The molecule has 1 atom stereocenters. The highest BCUT2D eigenvalue weighted by molar-refractivity contribution is 7.03. The number of carboxylic acids is 1. The molecule has 1 aromatic rings. The third-order valence-corrected chi connectivity index (χ3v) is 1.69. The fourth-order valence-corrected chi connectivity index (χ4v) is 1.16. The van der Waals surface area contributed by atoms with E-state index in [1.54, 1.807) is 0 Å². The van der Waals surface area contributed by atoms with Crippen LogP contribution >= 0.6 is 11.5 Å². The number of carbonyl (C=O) groups is 1. The van der Waals surface area contributed by atoms with Gasteiger partial charge in [0.05, 0.1) is 0 Å². The third kappa shape index (κ3) is 2.37. The van der Waals surface area contributed by atoms with Gasteiger partial charge in [-0.15, -0.1) is 5.10 Å². The molecule has 1 aromatic heterocycles. The smallest absolute Gasteiger partial charge is 0.334 e. The Morgan fingerprint density at radius 2 is 2.38 bits per heavy atom. The Morgan fingerprint density at radius 1 is 1.69 bits per heavy atom. The maximum atomic E-state index is 10.7. The van der Waals surface area contributed by atoms with Crippen LogP contribution in [0.25, 0.3) is 0 Å². The molecule has 5 N–H and O–H groups in total. The average molecular weight is 201 g/mol. The molecule has 1 unspecified atom stereocenters. The first kappa shape index (κ1) is 9.39. The molecule has 0 saturated heterocycles. The van der Waals surface area contributed by atoms with Gasteiger partial charge in [0.25, 0.3) is 0 Å². The van der Waals surface area contributed by atoms with Crippen LogP contribution in [0.5, 0.6) is 0 Å². The molecule has 0 fully saturated rings. The monoisotopic (exact) mass is 201 g/mol. The Balaban J connectivity index is 2.94. The van der Waals surface area contributed by atoms with Crippen LogP contribution in [0.2, 0.25) is 0 Å². The first-order valence-corrected chi connectivity index (χ1v) is 4.03. The largest absolute Gasteiger partial charge is 0.479 e. The van der Waals surface area contributed by atoms with Crippen LogP contribution < -0.4 is 11.5 Å². The average Bonchev–Trinajstić information content (AvgIpc) is 2.50. The summed E-state index contributed by atoms with van der Waals surface area (Å²) in [5.74, 6) is -1.46. The lowest BCUT2D eigenvalue weighted by atomic mass is 10.2. The van der Waals surface area contributed by atoms with E-state index in [9.17, 15) is 4.79 Å². The van der Waals surface area contributed by atoms with E-state index in [2.05, 4.69) is 14.6 Å². The second kappa shape index (κ2) is 3.81. The minimum atomic E-state index is -1.17. The van der Waals surface area contributed by atoms with Gasteiger partial charge in [0.1, 0.15) is 5.69 Å². The quantitative estimate of drug-likeness (QED) is 0.422. The number of nitrogens with two attached hydrogens (primary N) is 2. The first-order chi connectivity index (χ1) is 6.11. The molecular formula is C5H7N5O2S. The predicted octanol–water partition coefficient (Wildman–Crippen LogP) is -1.06. The Kier molecular flexibility index (Phi) is 2.75. The van der Waals surface area contributed by atoms with Crippen molar-refractivity contribution >= 4 is 23.5 Å². The van der Waals surface area contributed by atoms with Crippen LogP contribution in [0.3, 0.4) is 0 Å². The molecule has 0 aromatic carbocycles. The zero-order valence-electron chi connectivity index (χ0n) is 6.41. The molecular weight excluding hydrogens is 194 g/mol. The Labute approximate surface area is 77.2 Å². The molecule has 1 heterocycles. The van der Waals surface area contributed by atoms with Gasteiger partial charge < -0.3 is 16.6 Å². The number of rotatable bonds is 3. The zero-order valence-corrected chi connectivity index (χ0v) is 7.23. The van der Waals surface area contributed by atoms with Gasteiger partial charge in [0.2, 0.25) is 0 Å². The molecule has 1 rings (SSSR count). The SMILES string of the molecule is NC(N)=NC(C(=O)O)c1csnn1. The van der Waals surface area contributed by atoms with Gasteiger partial charge in [-0.2, -0.15) is 0 Å². The van der Waals surface area contributed by atoms with E-state index in [4.69, 9.17) is 16.6 Å². The number of aliphatic imine (C=N–C) groups is 1. The van der Waals surface area contributed by atoms with E-state index in [0.717, 1.165) is 11.5 Å². The number of hydrogen-bond acceptors (Lipinski definition) is 5. The van der Waals surface area contributed by atoms with Crippen molar-refractivity contribution in [3.05, 3.63) is 11.1 Å². The summed E-state index contributed by atoms with van der Waals surface area (Å²) in [5.41, 5.74) is 10.3. The molecule has 7 nitrogen and oxygen atoms in total. The molecule has 0 aliphatic carbocycles. The molecule has 0 radical (unpaired) electrons. The first-order valence-electron chi connectivity index (χ1n) is 3.19. The lowest BCUT2D eigenvalue weighted by Gasteiger charge is -2.02. The topological polar surface area (TPSA) is 127 Å². The summed E-state index contributed by atoms with van der Waals surface area (Å²) in [4.78, 5) is 14.1. The summed E-state index contributed by atoms with van der Waals surface area (Å²) in [5, 5.41) is 13.8. The highest BCUT2D eigenvalue weighted by atomic mass is 32.1. The fraction of sp³-hybridized carbons (Fsp3) is 0.200. The Morgan fingerprint density at radius 3 is 2.77 bits per heavy atom. The van der Waals surface area contributed by atoms with E-state index < -0.39 is 12.0 Å². The number of aromatic nitrogens is 2. The van der Waals surface area contributed by atoms with Gasteiger partial charge in [-0.1, -0.05) is 4.49 Å². The van der Waals surface area contributed by atoms with Gasteiger partial charge in [-0.05, 0) is 11.5 Å². The molecule has 0 saturated carbocycles. The van der Waals surface area contributed by atoms with Crippen molar-refractivity contribution in [1.82, 2.24) is 9.59 Å². The van der Waals surface area contributed by atoms with Crippen molar-refractivity contribution in [3.63, 3.8) is 0 Å². The van der Waals surface area contributed by atoms with Gasteiger partial charge in [0, 0.05) is 5.38 Å². The number of nitrogens with zero attached hydrogens (tertiary/aromatic N) is 3. The van der Waals surface area contributed by atoms with Crippen LogP contribution in [-0.4, -0.2) is 26.6 Å². The predicted molar refractivity (Wildman–Crippen MR) is 46.1 cm³/mol. The summed E-state index contributed by atoms with van der Waals surface area (Å²) < 4.78 is 3.51. The zero-order chi connectivity index (χ0) is 9.84. The van der Waals surface area contributed by atoms with E-state index >= 15 is 0 Å². The molecule has 0 bridgehead atoms. The van der Waals surface area contributed by atoms with Crippen LogP contribution in [0.1, 0.15) is 11.7 Å². The van der Waals surface area contributed by atoms with Crippen LogP contribution in [0.15, 0.2) is 10.4 Å². The Hall–Kier alpha value is -1.70. The van der Waals surface area contributed by atoms with Gasteiger partial charge in [-0.25, -0.2) is 9.79 Å². The summed E-state index contributed by atoms with van der Waals surface area (Å²) in [7, 11) is 0. The van der Waals surface area contributed by atoms with Gasteiger partial charge in [-0.3, -0.25) is 0 Å². The van der Waals surface area contributed by atoms with E-state index in [1.807, 2.05) is 0 Å². The van der Waals surface area contributed by atoms with Crippen molar-refractivity contribution in [2.24, 2.45) is 16.5 Å². The summed E-state index contributed by atoms with van der Waals surface area (Å²) in [6.45, 7) is 0. The van der Waals surface area contributed by atoms with Gasteiger partial charge in [0.15, 0.2) is 12.0 Å². The van der Waals surface area contributed by atoms with Crippen molar-refractivity contribution in [2.45, 2.75) is 6.04 Å². The van der Waals surface area contributed by atoms with Crippen molar-refractivity contribution < 1.29 is 9.90 Å². The molecule has 0 spiro atoms. The van der Waals surface area contributed by atoms with Gasteiger partial charge >= 0.3 is 5.97 Å². The van der Waals surface area contributed by atoms with E-state index in [0.29, 0.717) is 0 Å². The van der Waals surface area contributed by atoms with Crippen molar-refractivity contribution in [2.75, 3.05) is 0 Å². The minimum Gasteiger partial charge on any atom is -0.479 e. The molecule has 70 valence electrons. The molecule has 0 amide bonds. The Bertz CT molecular complexity index is 318. The van der Waals surface area contributed by atoms with Crippen molar-refractivity contribution in [3.8, 4) is 0 Å². The maximum absolute atomic E-state index is 10.7. The summed E-state index contributed by atoms with van der Waals surface area (Å²) >= 11 is 1.04. The van der Waals surface area contributed by atoms with E-state index in [1.165, 1.54) is 5.38 Å². The molecule has 0 aliphatic rings. The second-order valence-electron chi connectivity index (χ2n) is 2.12. The number of guanidine groups is 1. The van der Waals surface area contributed by atoms with Crippen LogP contribution in [0.4, 0.5) is 0 Å². The molecule has 0 aliphatic heterocycles. The lowest BCUT2D eigenvalue weighted by Crippen LogP contribution is -2.25. The summed E-state index contributed by atoms with van der Waals surface area (Å²) in [6, 6.07) is -1.16. The third-order valence-electron chi connectivity index (χ3n) is 1.17. The highest BCUT2D eigenvalue weighted by Gasteiger charge is 2.21. The number of hydrogen-bond donors (Lipinski definition) is 3. The second-order valence-corrected chi connectivity index (χ2v) is 2.73.